The zero-order valence-electron chi connectivity index (χ0n) is 20.0. The van der Waals surface area contributed by atoms with Gasteiger partial charge in [-0.3, -0.25) is 9.69 Å². The second kappa shape index (κ2) is 11.8. The summed E-state index contributed by atoms with van der Waals surface area (Å²) in [7, 11) is -3.54. The van der Waals surface area contributed by atoms with E-state index in [1.807, 2.05) is 6.07 Å². The molecule has 2 aromatic carbocycles. The Morgan fingerprint density at radius 2 is 1.91 bits per heavy atom. The van der Waals surface area contributed by atoms with Crippen molar-refractivity contribution in [3.8, 4) is 12.3 Å². The highest BCUT2D eigenvalue weighted by atomic mass is 32.2. The highest BCUT2D eigenvalue weighted by Gasteiger charge is 2.33. The van der Waals surface area contributed by atoms with Gasteiger partial charge in [0.1, 0.15) is 0 Å². The molecule has 1 saturated heterocycles. The highest BCUT2D eigenvalue weighted by molar-refractivity contribution is 7.88. The first-order chi connectivity index (χ1) is 16.2. The SMILES string of the molecule is C#CCCNC(=O)CC(O)CN(C1CCN(C(C)c2cccc3ccccc23)CC1)S(C)(=O)=O. The molecule has 3 rings (SSSR count). The third-order valence-corrected chi connectivity index (χ3v) is 7.86. The van der Waals surface area contributed by atoms with Gasteiger partial charge in [0, 0.05) is 44.7 Å². The van der Waals surface area contributed by atoms with Crippen LogP contribution in [0.2, 0.25) is 0 Å². The molecule has 0 aliphatic carbocycles. The Labute approximate surface area is 203 Å². The average molecular weight is 486 g/mol. The van der Waals surface area contributed by atoms with Crippen molar-refractivity contribution < 1.29 is 18.3 Å². The fourth-order valence-electron chi connectivity index (χ4n) is 4.76. The quantitative estimate of drug-likeness (QED) is 0.399. The first-order valence-electron chi connectivity index (χ1n) is 11.8. The number of rotatable bonds is 10. The Balaban J connectivity index is 1.61. The zero-order valence-corrected chi connectivity index (χ0v) is 20.8. The minimum absolute atomic E-state index is 0.0923. The molecule has 1 fully saturated rings. The molecule has 1 amide bonds. The molecule has 8 heteroatoms. The summed E-state index contributed by atoms with van der Waals surface area (Å²) < 4.78 is 26.4. The lowest BCUT2D eigenvalue weighted by Gasteiger charge is -2.40. The van der Waals surface area contributed by atoms with Gasteiger partial charge in [0.2, 0.25) is 15.9 Å². The number of aliphatic hydroxyl groups is 1. The summed E-state index contributed by atoms with van der Waals surface area (Å²) in [5.41, 5.74) is 1.27. The van der Waals surface area contributed by atoms with E-state index in [0.29, 0.717) is 25.8 Å². The van der Waals surface area contributed by atoms with Crippen LogP contribution in [0.1, 0.15) is 44.2 Å². The summed E-state index contributed by atoms with van der Waals surface area (Å²) in [6, 6.07) is 14.7. The Kier molecular flexibility index (Phi) is 9.09. The lowest BCUT2D eigenvalue weighted by Crippen LogP contribution is -2.50. The normalized spacial score (nSPS) is 17.4. The van der Waals surface area contributed by atoms with E-state index in [2.05, 4.69) is 59.5 Å². The van der Waals surface area contributed by atoms with Crippen molar-refractivity contribution in [2.75, 3.05) is 32.4 Å². The summed E-state index contributed by atoms with van der Waals surface area (Å²) in [4.78, 5) is 14.4. The van der Waals surface area contributed by atoms with Crippen LogP contribution in [-0.4, -0.2) is 73.2 Å². The lowest BCUT2D eigenvalue weighted by atomic mass is 9.96. The summed E-state index contributed by atoms with van der Waals surface area (Å²) in [5, 5.41) is 15.5. The first-order valence-corrected chi connectivity index (χ1v) is 13.6. The number of piperidine rings is 1. The first kappa shape index (κ1) is 26.2. The van der Waals surface area contributed by atoms with Crippen LogP contribution in [0.5, 0.6) is 0 Å². The standard InChI is InChI=1S/C26H35N3O4S/c1-4-5-15-27-26(31)18-23(30)19-29(34(3,32)33)22-13-16-28(17-14-22)20(2)24-12-8-10-21-9-6-7-11-25(21)24/h1,6-12,20,22-23,30H,5,13-19H2,2-3H3,(H,27,31). The van der Waals surface area contributed by atoms with Crippen LogP contribution >= 0.6 is 0 Å². The number of carbonyl (C=O) groups is 1. The minimum Gasteiger partial charge on any atom is -0.391 e. The number of benzene rings is 2. The van der Waals surface area contributed by atoms with Crippen LogP contribution < -0.4 is 5.32 Å². The van der Waals surface area contributed by atoms with Crippen molar-refractivity contribution in [1.82, 2.24) is 14.5 Å². The van der Waals surface area contributed by atoms with Gasteiger partial charge < -0.3 is 10.4 Å². The molecule has 1 aliphatic heterocycles. The van der Waals surface area contributed by atoms with E-state index in [-0.39, 0.29) is 31.0 Å². The van der Waals surface area contributed by atoms with E-state index in [9.17, 15) is 18.3 Å². The number of hydrogen-bond donors (Lipinski definition) is 2. The van der Waals surface area contributed by atoms with E-state index in [0.717, 1.165) is 19.3 Å². The average Bonchev–Trinajstić information content (AvgIpc) is 2.81. The van der Waals surface area contributed by atoms with Crippen LogP contribution in [0.4, 0.5) is 0 Å². The molecule has 0 aromatic heterocycles. The van der Waals surface area contributed by atoms with Crippen molar-refractivity contribution >= 4 is 26.7 Å². The number of nitrogens with one attached hydrogen (secondary N) is 1. The van der Waals surface area contributed by atoms with Crippen molar-refractivity contribution in [2.24, 2.45) is 0 Å². The van der Waals surface area contributed by atoms with Crippen LogP contribution in [-0.2, 0) is 14.8 Å². The van der Waals surface area contributed by atoms with Gasteiger partial charge >= 0.3 is 0 Å². The van der Waals surface area contributed by atoms with E-state index in [1.54, 1.807) is 0 Å². The zero-order chi connectivity index (χ0) is 24.7. The predicted molar refractivity (Wildman–Crippen MR) is 136 cm³/mol. The van der Waals surface area contributed by atoms with Crippen molar-refractivity contribution in [2.45, 2.75) is 50.8 Å². The lowest BCUT2D eigenvalue weighted by molar-refractivity contribution is -0.123. The molecular weight excluding hydrogens is 450 g/mol. The molecule has 1 aliphatic rings. The number of sulfonamides is 1. The number of hydrogen-bond acceptors (Lipinski definition) is 5. The van der Waals surface area contributed by atoms with Crippen LogP contribution in [0.25, 0.3) is 10.8 Å². The maximum atomic E-state index is 12.5. The number of amides is 1. The van der Waals surface area contributed by atoms with Crippen LogP contribution in [0, 0.1) is 12.3 Å². The van der Waals surface area contributed by atoms with Gasteiger partial charge in [-0.2, -0.15) is 4.31 Å². The highest BCUT2D eigenvalue weighted by Crippen LogP contribution is 2.31. The van der Waals surface area contributed by atoms with E-state index >= 15 is 0 Å². The maximum Gasteiger partial charge on any atom is 0.222 e. The van der Waals surface area contributed by atoms with Gasteiger partial charge in [-0.15, -0.1) is 12.3 Å². The molecule has 34 heavy (non-hydrogen) atoms. The number of nitrogens with zero attached hydrogens (tertiary/aromatic N) is 2. The van der Waals surface area contributed by atoms with E-state index in [4.69, 9.17) is 6.42 Å². The molecule has 0 spiro atoms. The molecule has 2 aromatic rings. The van der Waals surface area contributed by atoms with E-state index in [1.165, 1.54) is 20.6 Å². The second-order valence-electron chi connectivity index (χ2n) is 9.01. The molecule has 2 unspecified atom stereocenters. The number of carbonyl (C=O) groups excluding carboxylic acids is 1. The number of fused-ring (bicyclic) bond motifs is 1. The van der Waals surface area contributed by atoms with Gasteiger partial charge in [0.05, 0.1) is 18.8 Å². The fraction of sp³-hybridized carbons (Fsp3) is 0.500. The van der Waals surface area contributed by atoms with Crippen LogP contribution in [0.15, 0.2) is 42.5 Å². The summed E-state index contributed by atoms with van der Waals surface area (Å²) >= 11 is 0. The van der Waals surface area contributed by atoms with Gasteiger partial charge in [0.25, 0.3) is 0 Å². The van der Waals surface area contributed by atoms with Crippen molar-refractivity contribution in [3.63, 3.8) is 0 Å². The fourth-order valence-corrected chi connectivity index (χ4v) is 5.96. The predicted octanol–water partition coefficient (Wildman–Crippen LogP) is 2.52. The van der Waals surface area contributed by atoms with Crippen LogP contribution in [0.3, 0.4) is 0 Å². The van der Waals surface area contributed by atoms with Gasteiger partial charge in [-0.25, -0.2) is 8.42 Å². The molecule has 0 bridgehead atoms. The van der Waals surface area contributed by atoms with E-state index < -0.39 is 16.1 Å². The largest absolute Gasteiger partial charge is 0.391 e. The topological polar surface area (TPSA) is 89.9 Å². The van der Waals surface area contributed by atoms with Crippen molar-refractivity contribution in [1.29, 1.82) is 0 Å². The maximum absolute atomic E-state index is 12.5. The third-order valence-electron chi connectivity index (χ3n) is 6.56. The molecular formula is C26H35N3O4S. The molecule has 1 heterocycles. The monoisotopic (exact) mass is 485 g/mol. The smallest absolute Gasteiger partial charge is 0.222 e. The number of terminal acetylenes is 1. The molecule has 184 valence electrons. The summed E-state index contributed by atoms with van der Waals surface area (Å²) in [6.45, 7) is 3.95. The second-order valence-corrected chi connectivity index (χ2v) is 10.9. The van der Waals surface area contributed by atoms with Gasteiger partial charge in [0.15, 0.2) is 0 Å². The number of likely N-dealkylation sites (tertiary alicyclic amines) is 1. The summed E-state index contributed by atoms with van der Waals surface area (Å²) in [6.07, 6.45) is 6.85. The Hall–Kier alpha value is -2.44. The minimum atomic E-state index is -3.54. The third kappa shape index (κ3) is 6.80. The van der Waals surface area contributed by atoms with Gasteiger partial charge in [-0.05, 0) is 36.1 Å². The Morgan fingerprint density at radius 3 is 2.59 bits per heavy atom. The molecule has 2 N–H and O–H groups in total. The molecule has 0 radical (unpaired) electrons. The molecule has 2 atom stereocenters. The summed E-state index contributed by atoms with van der Waals surface area (Å²) in [5.74, 6) is 2.10. The number of aliphatic hydroxyl groups excluding tert-OH is 1. The molecule has 0 saturated carbocycles. The Morgan fingerprint density at radius 1 is 1.24 bits per heavy atom. The van der Waals surface area contributed by atoms with Gasteiger partial charge in [-0.1, -0.05) is 42.5 Å². The Bertz CT molecular complexity index is 1120. The van der Waals surface area contributed by atoms with Crippen molar-refractivity contribution in [3.05, 3.63) is 48.0 Å². The molecule has 7 nitrogen and oxygen atoms in total.